The van der Waals surface area contributed by atoms with Crippen LogP contribution in [0.3, 0.4) is 0 Å². The monoisotopic (exact) mass is 430 g/mol. The number of nitrogens with zero attached hydrogens (tertiary/aromatic N) is 4. The number of amides is 1. The van der Waals surface area contributed by atoms with Gasteiger partial charge in [0, 0.05) is 38.0 Å². The number of carbonyl (C=O) groups is 1. The van der Waals surface area contributed by atoms with Gasteiger partial charge in [-0.1, -0.05) is 23.7 Å². The predicted molar refractivity (Wildman–Crippen MR) is 110 cm³/mol. The Hall–Kier alpha value is -3.18. The van der Waals surface area contributed by atoms with Gasteiger partial charge in [-0.2, -0.15) is 5.10 Å². The average molecular weight is 431 g/mol. The van der Waals surface area contributed by atoms with Crippen LogP contribution in [0, 0.1) is 0 Å². The van der Waals surface area contributed by atoms with Gasteiger partial charge in [-0.05, 0) is 12.1 Å². The molecule has 1 amide bonds. The number of benzene rings is 1. The van der Waals surface area contributed by atoms with E-state index in [1.807, 2.05) is 43.2 Å². The Bertz CT molecular complexity index is 1140. The van der Waals surface area contributed by atoms with E-state index in [-0.39, 0.29) is 16.4 Å². The molecule has 0 saturated carbocycles. The van der Waals surface area contributed by atoms with Crippen molar-refractivity contribution in [1.82, 2.24) is 20.1 Å². The lowest BCUT2D eigenvalue weighted by molar-refractivity contribution is -0.323. The molecule has 1 aliphatic rings. The number of aromatic nitrogens is 3. The third-order valence-corrected chi connectivity index (χ3v) is 4.97. The van der Waals surface area contributed by atoms with Crippen molar-refractivity contribution in [2.45, 2.75) is 12.6 Å². The molecule has 2 aromatic heterocycles. The molecule has 156 valence electrons. The largest absolute Gasteiger partial charge is 0.369 e. The van der Waals surface area contributed by atoms with E-state index < -0.39 is 12.0 Å². The Morgan fingerprint density at radius 2 is 1.97 bits per heavy atom. The summed E-state index contributed by atoms with van der Waals surface area (Å²) in [6.45, 7) is 0.654. The van der Waals surface area contributed by atoms with Gasteiger partial charge in [0.05, 0.1) is 34.5 Å². The Labute approximate surface area is 176 Å². The van der Waals surface area contributed by atoms with Crippen molar-refractivity contribution in [1.29, 1.82) is 0 Å². The summed E-state index contributed by atoms with van der Waals surface area (Å²) in [5.74, 6) is -0.957. The topological polar surface area (TPSA) is 136 Å². The fourth-order valence-electron chi connectivity index (χ4n) is 3.61. The van der Waals surface area contributed by atoms with E-state index in [1.165, 1.54) is 12.3 Å². The van der Waals surface area contributed by atoms with Gasteiger partial charge in [-0.3, -0.25) is 14.8 Å². The van der Waals surface area contributed by atoms with Gasteiger partial charge in [0.15, 0.2) is 0 Å². The lowest BCUT2D eigenvalue weighted by atomic mass is 9.99. The number of fused-ring (bicyclic) bond motifs is 3. The second-order valence-corrected chi connectivity index (χ2v) is 7.35. The smallest absolute Gasteiger partial charge is 0.368 e. The number of para-hydroxylation sites is 1. The second-order valence-electron chi connectivity index (χ2n) is 6.97. The molecular formula is C19H19ClN6O4. The van der Waals surface area contributed by atoms with Crippen molar-refractivity contribution < 1.29 is 20.1 Å². The van der Waals surface area contributed by atoms with Crippen molar-refractivity contribution >= 4 is 34.6 Å². The summed E-state index contributed by atoms with van der Waals surface area (Å²) in [4.78, 5) is 18.3. The average Bonchev–Trinajstić information content (AvgIpc) is 3.01. The third-order valence-electron chi connectivity index (χ3n) is 4.76. The highest BCUT2D eigenvalue weighted by Crippen LogP contribution is 2.43. The van der Waals surface area contributed by atoms with E-state index >= 15 is 0 Å². The van der Waals surface area contributed by atoms with Crippen molar-refractivity contribution in [2.75, 3.05) is 17.3 Å². The van der Waals surface area contributed by atoms with Crippen LogP contribution in [0.5, 0.6) is 0 Å². The number of nitrogens with one attached hydrogen (secondary N) is 2. The number of anilines is 3. The Morgan fingerprint density at radius 3 is 2.70 bits per heavy atom. The summed E-state index contributed by atoms with van der Waals surface area (Å²) < 4.78 is 1.82. The van der Waals surface area contributed by atoms with Gasteiger partial charge in [0.1, 0.15) is 5.15 Å². The molecule has 3 aromatic rings. The molecule has 0 unspecified atom stereocenters. The van der Waals surface area contributed by atoms with E-state index in [0.29, 0.717) is 12.2 Å². The molecule has 1 aromatic carbocycles. The SMILES string of the molecule is CN1Cc2cnn(C)c2-c2cccc(Nc3cc(Cl)ncc3C(=O)NC(O)(O)O)c21. The first kappa shape index (κ1) is 20.1. The minimum atomic E-state index is -3.37. The quantitative estimate of drug-likeness (QED) is 0.307. The lowest BCUT2D eigenvalue weighted by Gasteiger charge is -2.30. The Kier molecular flexibility index (Phi) is 4.86. The van der Waals surface area contributed by atoms with Crippen molar-refractivity contribution in [3.05, 3.63) is 52.9 Å². The molecule has 4 rings (SSSR count). The molecule has 0 radical (unpaired) electrons. The van der Waals surface area contributed by atoms with Gasteiger partial charge in [-0.15, -0.1) is 0 Å². The molecule has 0 aliphatic carbocycles. The summed E-state index contributed by atoms with van der Waals surface area (Å²) >= 11 is 6.01. The van der Waals surface area contributed by atoms with Crippen molar-refractivity contribution in [3.8, 4) is 11.3 Å². The fraction of sp³-hybridized carbons (Fsp3) is 0.211. The van der Waals surface area contributed by atoms with Crippen LogP contribution in [0.25, 0.3) is 11.3 Å². The molecule has 1 aliphatic heterocycles. The number of aryl methyl sites for hydroxylation is 1. The highest BCUT2D eigenvalue weighted by molar-refractivity contribution is 6.29. The van der Waals surface area contributed by atoms with Crippen LogP contribution < -0.4 is 15.5 Å². The first-order valence-corrected chi connectivity index (χ1v) is 9.29. The van der Waals surface area contributed by atoms with Crippen LogP contribution in [0.15, 0.2) is 36.7 Å². The highest BCUT2D eigenvalue weighted by atomic mass is 35.5. The molecule has 0 atom stereocenters. The number of carbonyl (C=O) groups excluding carboxylic acids is 1. The van der Waals surface area contributed by atoms with Gasteiger partial charge >= 0.3 is 6.10 Å². The van der Waals surface area contributed by atoms with Crippen molar-refractivity contribution in [3.63, 3.8) is 0 Å². The summed E-state index contributed by atoms with van der Waals surface area (Å²) in [5, 5.41) is 36.5. The highest BCUT2D eigenvalue weighted by Gasteiger charge is 2.27. The van der Waals surface area contributed by atoms with Crippen LogP contribution in [0.4, 0.5) is 17.1 Å². The minimum absolute atomic E-state index is 0.0433. The zero-order valence-corrected chi connectivity index (χ0v) is 16.8. The van der Waals surface area contributed by atoms with E-state index in [1.54, 1.807) is 5.32 Å². The number of hydrogen-bond donors (Lipinski definition) is 5. The standard InChI is InChI=1S/C19H19ClN6O4/c1-25-9-10-7-22-26(2)16(10)11-4-3-5-13(17(11)25)23-14-6-15(20)21-8-12(14)18(27)24-19(28,29)30/h3-8,28-30H,9H2,1-2H3,(H,21,23)(H,24,27). The van der Waals surface area contributed by atoms with Crippen LogP contribution in [0.2, 0.25) is 5.15 Å². The molecule has 10 nitrogen and oxygen atoms in total. The maximum Gasteiger partial charge on any atom is 0.369 e. The zero-order valence-electron chi connectivity index (χ0n) is 16.1. The molecular weight excluding hydrogens is 412 g/mol. The second kappa shape index (κ2) is 7.26. The summed E-state index contributed by atoms with van der Waals surface area (Å²) in [5.41, 5.74) is 4.89. The Morgan fingerprint density at radius 1 is 1.20 bits per heavy atom. The van der Waals surface area contributed by atoms with E-state index in [2.05, 4.69) is 20.3 Å². The van der Waals surface area contributed by atoms with Crippen molar-refractivity contribution in [2.24, 2.45) is 7.05 Å². The number of hydrogen-bond acceptors (Lipinski definition) is 8. The number of aliphatic hydroxyl groups is 3. The van der Waals surface area contributed by atoms with Gasteiger partial charge in [-0.25, -0.2) is 4.98 Å². The van der Waals surface area contributed by atoms with E-state index in [0.717, 1.165) is 22.5 Å². The minimum Gasteiger partial charge on any atom is -0.368 e. The van der Waals surface area contributed by atoms with Crippen LogP contribution in [0.1, 0.15) is 15.9 Å². The molecule has 3 heterocycles. The van der Waals surface area contributed by atoms with Crippen LogP contribution >= 0.6 is 11.6 Å². The van der Waals surface area contributed by atoms with Crippen LogP contribution in [-0.4, -0.2) is 49.1 Å². The van der Waals surface area contributed by atoms with Gasteiger partial charge < -0.3 is 25.5 Å². The molecule has 0 saturated heterocycles. The maximum atomic E-state index is 12.4. The molecule has 30 heavy (non-hydrogen) atoms. The number of rotatable bonds is 4. The third kappa shape index (κ3) is 3.68. The number of halogens is 1. The fourth-order valence-corrected chi connectivity index (χ4v) is 3.76. The van der Waals surface area contributed by atoms with E-state index in [9.17, 15) is 4.79 Å². The van der Waals surface area contributed by atoms with Gasteiger partial charge in [0.2, 0.25) is 0 Å². The summed E-state index contributed by atoms with van der Waals surface area (Å²) in [7, 11) is 3.83. The molecule has 5 N–H and O–H groups in total. The predicted octanol–water partition coefficient (Wildman–Crippen LogP) is 1.15. The molecule has 0 fully saturated rings. The van der Waals surface area contributed by atoms with Crippen LogP contribution in [-0.2, 0) is 13.6 Å². The first-order chi connectivity index (χ1) is 14.1. The first-order valence-electron chi connectivity index (χ1n) is 8.91. The van der Waals surface area contributed by atoms with E-state index in [4.69, 9.17) is 26.9 Å². The molecule has 11 heteroatoms. The number of pyridine rings is 1. The normalized spacial score (nSPS) is 12.9. The molecule has 0 bridgehead atoms. The van der Waals surface area contributed by atoms with Gasteiger partial charge in [0.25, 0.3) is 5.91 Å². The Balaban J connectivity index is 1.78. The maximum absolute atomic E-state index is 12.4. The lowest BCUT2D eigenvalue weighted by Crippen LogP contribution is -2.48. The summed E-state index contributed by atoms with van der Waals surface area (Å²) in [6.07, 6.45) is -0.356. The summed E-state index contributed by atoms with van der Waals surface area (Å²) in [6, 6.07) is 7.14. The zero-order chi connectivity index (χ0) is 21.6. The molecule has 0 spiro atoms.